The lowest BCUT2D eigenvalue weighted by Crippen LogP contribution is -2.34. The van der Waals surface area contributed by atoms with Crippen LogP contribution in [0.1, 0.15) is 12.5 Å². The Hall–Kier alpha value is -0.770. The maximum absolute atomic E-state index is 11.8. The lowest BCUT2D eigenvalue weighted by molar-refractivity contribution is -0.124. The first-order valence-corrected chi connectivity index (χ1v) is 6.66. The Bertz CT molecular complexity index is 410. The first-order chi connectivity index (χ1) is 8.54. The zero-order valence-corrected chi connectivity index (χ0v) is 12.1. The fourth-order valence-corrected chi connectivity index (χ4v) is 2.08. The van der Waals surface area contributed by atoms with Crippen molar-refractivity contribution >= 4 is 29.1 Å². The number of amides is 1. The molecule has 0 aliphatic rings. The summed E-state index contributed by atoms with van der Waals surface area (Å²) in [5, 5.41) is 7.06. The van der Waals surface area contributed by atoms with Crippen molar-refractivity contribution < 1.29 is 4.79 Å². The third kappa shape index (κ3) is 4.84. The monoisotopic (exact) mass is 288 g/mol. The van der Waals surface area contributed by atoms with E-state index in [2.05, 4.69) is 10.6 Å². The van der Waals surface area contributed by atoms with Gasteiger partial charge in [-0.1, -0.05) is 36.2 Å². The van der Waals surface area contributed by atoms with Crippen molar-refractivity contribution in [1.82, 2.24) is 10.6 Å². The van der Waals surface area contributed by atoms with Gasteiger partial charge in [0, 0.05) is 29.1 Å². The Labute approximate surface area is 118 Å². The van der Waals surface area contributed by atoms with Crippen molar-refractivity contribution in [2.24, 2.45) is 5.92 Å². The van der Waals surface area contributed by atoms with Gasteiger partial charge < -0.3 is 10.6 Å². The Kier molecular flexibility index (Phi) is 6.47. The molecule has 1 rings (SSSR count). The summed E-state index contributed by atoms with van der Waals surface area (Å²) in [5.41, 5.74) is 0.942. The number of rotatable bonds is 6. The second-order valence-corrected chi connectivity index (χ2v) is 5.08. The van der Waals surface area contributed by atoms with Gasteiger partial charge in [0.15, 0.2) is 0 Å². The van der Waals surface area contributed by atoms with Gasteiger partial charge in [0.1, 0.15) is 0 Å². The number of hydrogen-bond donors (Lipinski definition) is 2. The van der Waals surface area contributed by atoms with Crippen LogP contribution in [0.2, 0.25) is 10.0 Å². The predicted molar refractivity (Wildman–Crippen MR) is 76.3 cm³/mol. The summed E-state index contributed by atoms with van der Waals surface area (Å²) in [6, 6.07) is 5.35. The van der Waals surface area contributed by atoms with Gasteiger partial charge in [-0.05, 0) is 31.2 Å². The van der Waals surface area contributed by atoms with Crippen LogP contribution < -0.4 is 10.6 Å². The molecule has 1 amide bonds. The van der Waals surface area contributed by atoms with Gasteiger partial charge in [-0.2, -0.15) is 0 Å². The summed E-state index contributed by atoms with van der Waals surface area (Å²) in [4.78, 5) is 11.8. The van der Waals surface area contributed by atoms with Crippen molar-refractivity contribution in [3.63, 3.8) is 0 Å². The number of carbonyl (C=O) groups is 1. The third-order valence-corrected chi connectivity index (χ3v) is 3.25. The molecule has 0 saturated carbocycles. The van der Waals surface area contributed by atoms with Crippen molar-refractivity contribution in [2.75, 3.05) is 20.1 Å². The largest absolute Gasteiger partial charge is 0.355 e. The zero-order chi connectivity index (χ0) is 13.5. The minimum absolute atomic E-state index is 0.0382. The maximum atomic E-state index is 11.8. The van der Waals surface area contributed by atoms with Crippen molar-refractivity contribution in [1.29, 1.82) is 0 Å². The third-order valence-electron chi connectivity index (χ3n) is 2.66. The fourth-order valence-electron chi connectivity index (χ4n) is 1.59. The van der Waals surface area contributed by atoms with E-state index in [1.54, 1.807) is 12.1 Å². The van der Waals surface area contributed by atoms with Gasteiger partial charge in [-0.25, -0.2) is 0 Å². The molecule has 1 aromatic carbocycles. The van der Waals surface area contributed by atoms with Crippen LogP contribution in [0.5, 0.6) is 0 Å². The van der Waals surface area contributed by atoms with Crippen LogP contribution in [-0.4, -0.2) is 26.0 Å². The SMILES string of the molecule is CNCCNC(=O)C(C)Cc1ccc(Cl)cc1Cl. The van der Waals surface area contributed by atoms with E-state index < -0.39 is 0 Å². The highest BCUT2D eigenvalue weighted by Gasteiger charge is 2.14. The van der Waals surface area contributed by atoms with Crippen molar-refractivity contribution in [3.8, 4) is 0 Å². The summed E-state index contributed by atoms with van der Waals surface area (Å²) in [6.45, 7) is 3.29. The van der Waals surface area contributed by atoms with E-state index >= 15 is 0 Å². The van der Waals surface area contributed by atoms with Crippen LogP contribution in [0.3, 0.4) is 0 Å². The molecule has 0 saturated heterocycles. The van der Waals surface area contributed by atoms with Gasteiger partial charge in [0.25, 0.3) is 0 Å². The van der Waals surface area contributed by atoms with Crippen LogP contribution in [0.4, 0.5) is 0 Å². The second kappa shape index (κ2) is 7.62. The van der Waals surface area contributed by atoms with Gasteiger partial charge >= 0.3 is 0 Å². The lowest BCUT2D eigenvalue weighted by atomic mass is 10.0. The molecule has 0 aromatic heterocycles. The predicted octanol–water partition coefficient (Wildman–Crippen LogP) is 2.51. The molecule has 1 atom stereocenters. The number of likely N-dealkylation sites (N-methyl/N-ethyl adjacent to an activating group) is 1. The molecule has 0 aliphatic carbocycles. The van der Waals surface area contributed by atoms with Crippen LogP contribution in [0.15, 0.2) is 18.2 Å². The molecule has 0 bridgehead atoms. The Balaban J connectivity index is 2.53. The Morgan fingerprint density at radius 3 is 2.67 bits per heavy atom. The van der Waals surface area contributed by atoms with Gasteiger partial charge in [-0.15, -0.1) is 0 Å². The zero-order valence-electron chi connectivity index (χ0n) is 10.6. The molecule has 3 nitrogen and oxygen atoms in total. The van der Waals surface area contributed by atoms with Crippen LogP contribution >= 0.6 is 23.2 Å². The average Bonchev–Trinajstić information content (AvgIpc) is 2.32. The van der Waals surface area contributed by atoms with E-state index in [0.717, 1.165) is 12.1 Å². The molecular formula is C13H18Cl2N2O. The number of halogens is 2. The van der Waals surface area contributed by atoms with Crippen LogP contribution in [0.25, 0.3) is 0 Å². The van der Waals surface area contributed by atoms with Gasteiger partial charge in [0.05, 0.1) is 0 Å². The molecule has 100 valence electrons. The molecule has 2 N–H and O–H groups in total. The van der Waals surface area contributed by atoms with E-state index in [-0.39, 0.29) is 11.8 Å². The van der Waals surface area contributed by atoms with E-state index in [0.29, 0.717) is 23.0 Å². The summed E-state index contributed by atoms with van der Waals surface area (Å²) >= 11 is 11.9. The molecule has 0 radical (unpaired) electrons. The lowest BCUT2D eigenvalue weighted by Gasteiger charge is -2.13. The van der Waals surface area contributed by atoms with Crippen molar-refractivity contribution in [3.05, 3.63) is 33.8 Å². The first kappa shape index (κ1) is 15.3. The summed E-state index contributed by atoms with van der Waals surface area (Å²) in [6.07, 6.45) is 0.612. The quantitative estimate of drug-likeness (QED) is 0.790. The Morgan fingerprint density at radius 2 is 2.06 bits per heavy atom. The van der Waals surface area contributed by atoms with E-state index in [9.17, 15) is 4.79 Å². The number of carbonyl (C=O) groups excluding carboxylic acids is 1. The maximum Gasteiger partial charge on any atom is 0.223 e. The van der Waals surface area contributed by atoms with Crippen LogP contribution in [-0.2, 0) is 11.2 Å². The first-order valence-electron chi connectivity index (χ1n) is 5.91. The van der Waals surface area contributed by atoms with Crippen molar-refractivity contribution in [2.45, 2.75) is 13.3 Å². The molecule has 0 spiro atoms. The summed E-state index contributed by atoms with van der Waals surface area (Å²) in [7, 11) is 1.85. The molecule has 1 aromatic rings. The fraction of sp³-hybridized carbons (Fsp3) is 0.462. The summed E-state index contributed by atoms with van der Waals surface area (Å²) < 4.78 is 0. The minimum Gasteiger partial charge on any atom is -0.355 e. The van der Waals surface area contributed by atoms with E-state index in [1.807, 2.05) is 20.0 Å². The van der Waals surface area contributed by atoms with E-state index in [4.69, 9.17) is 23.2 Å². The summed E-state index contributed by atoms with van der Waals surface area (Å²) in [5.74, 6) is -0.0724. The van der Waals surface area contributed by atoms with Crippen LogP contribution in [0, 0.1) is 5.92 Å². The highest BCUT2D eigenvalue weighted by molar-refractivity contribution is 6.35. The average molecular weight is 289 g/mol. The molecule has 1 unspecified atom stereocenters. The molecular weight excluding hydrogens is 271 g/mol. The smallest absolute Gasteiger partial charge is 0.223 e. The van der Waals surface area contributed by atoms with Gasteiger partial charge in [0.2, 0.25) is 5.91 Å². The van der Waals surface area contributed by atoms with Gasteiger partial charge in [-0.3, -0.25) is 4.79 Å². The molecule has 5 heteroatoms. The number of hydrogen-bond acceptors (Lipinski definition) is 2. The topological polar surface area (TPSA) is 41.1 Å². The molecule has 0 heterocycles. The molecule has 0 fully saturated rings. The standard InChI is InChI=1S/C13H18Cl2N2O/c1-9(13(18)17-6-5-16-2)7-10-3-4-11(14)8-12(10)15/h3-4,8-9,16H,5-7H2,1-2H3,(H,17,18). The normalized spacial score (nSPS) is 12.2. The molecule has 0 aliphatic heterocycles. The highest BCUT2D eigenvalue weighted by atomic mass is 35.5. The number of benzene rings is 1. The second-order valence-electron chi connectivity index (χ2n) is 4.24. The minimum atomic E-state index is -0.111. The Morgan fingerprint density at radius 1 is 1.33 bits per heavy atom. The molecule has 18 heavy (non-hydrogen) atoms. The van der Waals surface area contributed by atoms with E-state index in [1.165, 1.54) is 0 Å². The highest BCUT2D eigenvalue weighted by Crippen LogP contribution is 2.23. The number of nitrogens with one attached hydrogen (secondary N) is 2.